The number of hydrogen-bond acceptors (Lipinski definition) is 3. The minimum absolute atomic E-state index is 0.0818. The van der Waals surface area contributed by atoms with E-state index in [4.69, 9.17) is 0 Å². The van der Waals surface area contributed by atoms with Gasteiger partial charge in [0.1, 0.15) is 5.75 Å². The van der Waals surface area contributed by atoms with Crippen LogP contribution in [0.15, 0.2) is 41.3 Å². The van der Waals surface area contributed by atoms with Crippen LogP contribution in [0.5, 0.6) is 5.75 Å². The summed E-state index contributed by atoms with van der Waals surface area (Å²) in [6, 6.07) is 9.71. The number of nitrogens with zero attached hydrogens (tertiary/aromatic N) is 1. The Morgan fingerprint density at radius 2 is 1.59 bits per heavy atom. The van der Waals surface area contributed by atoms with Crippen molar-refractivity contribution < 1.29 is 13.5 Å². The van der Waals surface area contributed by atoms with Gasteiger partial charge in [0.25, 0.3) is 0 Å². The first-order chi connectivity index (χ1) is 7.94. The lowest BCUT2D eigenvalue weighted by molar-refractivity contribution is 0.481. The first-order valence-corrected chi connectivity index (χ1v) is 6.52. The van der Waals surface area contributed by atoms with Gasteiger partial charge in [-0.1, -0.05) is 24.3 Å². The summed E-state index contributed by atoms with van der Waals surface area (Å²) in [4.78, 5) is 0.205. The van der Waals surface area contributed by atoms with Crippen molar-refractivity contribution in [3.05, 3.63) is 36.4 Å². The Hall–Kier alpha value is -1.59. The summed E-state index contributed by atoms with van der Waals surface area (Å²) < 4.78 is 25.4. The van der Waals surface area contributed by atoms with Crippen LogP contribution in [0.25, 0.3) is 10.8 Å². The zero-order valence-electron chi connectivity index (χ0n) is 9.58. The largest absolute Gasteiger partial charge is 0.507 e. The molecule has 0 bridgehead atoms. The summed E-state index contributed by atoms with van der Waals surface area (Å²) in [5.41, 5.74) is 0. The lowest BCUT2D eigenvalue weighted by atomic mass is 10.1. The number of benzene rings is 2. The van der Waals surface area contributed by atoms with E-state index >= 15 is 0 Å². The maximum absolute atomic E-state index is 12.1. The highest BCUT2D eigenvalue weighted by molar-refractivity contribution is 7.89. The van der Waals surface area contributed by atoms with Crippen molar-refractivity contribution in [2.45, 2.75) is 4.90 Å². The van der Waals surface area contributed by atoms with Gasteiger partial charge in [0.15, 0.2) is 0 Å². The number of sulfonamides is 1. The molecular formula is C12H13NO3S. The third-order valence-corrected chi connectivity index (χ3v) is 4.49. The summed E-state index contributed by atoms with van der Waals surface area (Å²) in [5.74, 6) is 0.0818. The van der Waals surface area contributed by atoms with E-state index in [0.717, 1.165) is 4.31 Å². The third kappa shape index (κ3) is 1.87. The van der Waals surface area contributed by atoms with Crippen LogP contribution in [0.1, 0.15) is 0 Å². The van der Waals surface area contributed by atoms with Crippen molar-refractivity contribution in [2.24, 2.45) is 0 Å². The summed E-state index contributed by atoms with van der Waals surface area (Å²) >= 11 is 0. The molecule has 1 N–H and O–H groups in total. The molecule has 0 atom stereocenters. The fourth-order valence-electron chi connectivity index (χ4n) is 1.68. The van der Waals surface area contributed by atoms with Gasteiger partial charge in [0.05, 0.1) is 4.90 Å². The fourth-order valence-corrected chi connectivity index (χ4v) is 2.77. The predicted molar refractivity (Wildman–Crippen MR) is 66.5 cm³/mol. The third-order valence-electron chi connectivity index (χ3n) is 2.62. The number of phenols is 1. The van der Waals surface area contributed by atoms with Crippen molar-refractivity contribution in [3.8, 4) is 5.75 Å². The van der Waals surface area contributed by atoms with Crippen LogP contribution in [-0.2, 0) is 10.0 Å². The van der Waals surface area contributed by atoms with E-state index in [1.807, 2.05) is 0 Å². The maximum Gasteiger partial charge on any atom is 0.243 e. The van der Waals surface area contributed by atoms with Gasteiger partial charge in [-0.15, -0.1) is 0 Å². The van der Waals surface area contributed by atoms with E-state index in [9.17, 15) is 13.5 Å². The van der Waals surface area contributed by atoms with Gasteiger partial charge < -0.3 is 5.11 Å². The van der Waals surface area contributed by atoms with Gasteiger partial charge >= 0.3 is 0 Å². The second-order valence-electron chi connectivity index (χ2n) is 3.92. The molecule has 0 amide bonds. The SMILES string of the molecule is CN(C)S(=O)(=O)c1ccc(O)c2ccccc12. The van der Waals surface area contributed by atoms with Crippen LogP contribution < -0.4 is 0 Å². The maximum atomic E-state index is 12.1. The van der Waals surface area contributed by atoms with E-state index in [0.29, 0.717) is 10.8 Å². The Bertz CT molecular complexity index is 663. The normalized spacial score (nSPS) is 12.2. The lowest BCUT2D eigenvalue weighted by Crippen LogP contribution is -2.22. The average molecular weight is 251 g/mol. The first kappa shape index (κ1) is 11.9. The van der Waals surface area contributed by atoms with Crippen molar-refractivity contribution in [3.63, 3.8) is 0 Å². The molecule has 0 spiro atoms. The molecule has 0 fully saturated rings. The van der Waals surface area contributed by atoms with Gasteiger partial charge in [-0.2, -0.15) is 0 Å². The average Bonchev–Trinajstić information content (AvgIpc) is 2.29. The van der Waals surface area contributed by atoms with E-state index < -0.39 is 10.0 Å². The fraction of sp³-hybridized carbons (Fsp3) is 0.167. The van der Waals surface area contributed by atoms with E-state index in [-0.39, 0.29) is 10.6 Å². The Morgan fingerprint density at radius 3 is 2.18 bits per heavy atom. The molecule has 0 aliphatic heterocycles. The van der Waals surface area contributed by atoms with Crippen molar-refractivity contribution in [1.82, 2.24) is 4.31 Å². The van der Waals surface area contributed by atoms with Crippen LogP contribution in [0.4, 0.5) is 0 Å². The van der Waals surface area contributed by atoms with Crippen LogP contribution in [0.3, 0.4) is 0 Å². The topological polar surface area (TPSA) is 57.6 Å². The number of hydrogen-bond donors (Lipinski definition) is 1. The first-order valence-electron chi connectivity index (χ1n) is 5.08. The molecule has 0 aromatic heterocycles. The highest BCUT2D eigenvalue weighted by atomic mass is 32.2. The molecule has 2 aromatic carbocycles. The minimum atomic E-state index is -3.50. The molecule has 90 valence electrons. The highest BCUT2D eigenvalue weighted by Gasteiger charge is 2.20. The Labute approximate surface area is 100 Å². The van der Waals surface area contributed by atoms with Gasteiger partial charge in [0.2, 0.25) is 10.0 Å². The van der Waals surface area contributed by atoms with Crippen LogP contribution in [-0.4, -0.2) is 31.9 Å². The van der Waals surface area contributed by atoms with Gasteiger partial charge in [0, 0.05) is 24.9 Å². The van der Waals surface area contributed by atoms with Crippen molar-refractivity contribution in [2.75, 3.05) is 14.1 Å². The number of rotatable bonds is 2. The number of phenolic OH excluding ortho intramolecular Hbond substituents is 1. The van der Waals surface area contributed by atoms with Crippen LogP contribution in [0, 0.1) is 0 Å². The molecular weight excluding hydrogens is 238 g/mol. The Balaban J connectivity index is 2.86. The Kier molecular flexibility index (Phi) is 2.81. The summed E-state index contributed by atoms with van der Waals surface area (Å²) in [6.07, 6.45) is 0. The summed E-state index contributed by atoms with van der Waals surface area (Å²) in [7, 11) is -0.532. The zero-order chi connectivity index (χ0) is 12.6. The summed E-state index contributed by atoms with van der Waals surface area (Å²) in [5, 5.41) is 10.8. The molecule has 0 heterocycles. The lowest BCUT2D eigenvalue weighted by Gasteiger charge is -2.13. The minimum Gasteiger partial charge on any atom is -0.507 e. The van der Waals surface area contributed by atoms with Crippen LogP contribution in [0.2, 0.25) is 0 Å². The molecule has 5 heteroatoms. The molecule has 0 saturated heterocycles. The quantitative estimate of drug-likeness (QED) is 0.885. The predicted octanol–water partition coefficient (Wildman–Crippen LogP) is 1.80. The van der Waals surface area contributed by atoms with Gasteiger partial charge in [-0.25, -0.2) is 12.7 Å². The molecule has 0 radical (unpaired) electrons. The van der Waals surface area contributed by atoms with Gasteiger partial charge in [-0.3, -0.25) is 0 Å². The highest BCUT2D eigenvalue weighted by Crippen LogP contribution is 2.30. The monoisotopic (exact) mass is 251 g/mol. The molecule has 2 aromatic rings. The number of fused-ring (bicyclic) bond motifs is 1. The molecule has 2 rings (SSSR count). The Morgan fingerprint density at radius 1 is 1.00 bits per heavy atom. The standard InChI is InChI=1S/C12H13NO3S/c1-13(2)17(15,16)12-8-7-11(14)9-5-3-4-6-10(9)12/h3-8,14H,1-2H3. The molecule has 0 aliphatic carbocycles. The smallest absolute Gasteiger partial charge is 0.243 e. The van der Waals surface area contributed by atoms with Gasteiger partial charge in [-0.05, 0) is 12.1 Å². The second kappa shape index (κ2) is 4.01. The molecule has 0 aliphatic rings. The zero-order valence-corrected chi connectivity index (χ0v) is 10.4. The van der Waals surface area contributed by atoms with E-state index in [1.165, 1.54) is 26.2 Å². The molecule has 4 nitrogen and oxygen atoms in total. The van der Waals surface area contributed by atoms with E-state index in [1.54, 1.807) is 24.3 Å². The molecule has 17 heavy (non-hydrogen) atoms. The van der Waals surface area contributed by atoms with Crippen LogP contribution >= 0.6 is 0 Å². The summed E-state index contributed by atoms with van der Waals surface area (Å²) in [6.45, 7) is 0. The van der Waals surface area contributed by atoms with E-state index in [2.05, 4.69) is 0 Å². The van der Waals surface area contributed by atoms with Crippen molar-refractivity contribution in [1.29, 1.82) is 0 Å². The second-order valence-corrected chi connectivity index (χ2v) is 6.04. The number of aromatic hydroxyl groups is 1. The molecule has 0 saturated carbocycles. The molecule has 0 unspecified atom stereocenters. The van der Waals surface area contributed by atoms with Crippen molar-refractivity contribution >= 4 is 20.8 Å².